The summed E-state index contributed by atoms with van der Waals surface area (Å²) < 4.78 is 7.60. The monoisotopic (exact) mass is 277 g/mol. The van der Waals surface area contributed by atoms with Gasteiger partial charge < -0.3 is 4.74 Å². The molecule has 0 fully saturated rings. The Morgan fingerprint density at radius 3 is 2.62 bits per heavy atom. The number of methoxy groups -OCH3 is 1. The van der Waals surface area contributed by atoms with Crippen LogP contribution in [0, 0.1) is 0 Å². The first-order valence-electron chi connectivity index (χ1n) is 6.83. The second-order valence-electron chi connectivity index (χ2n) is 4.85. The molecule has 3 heteroatoms. The van der Waals surface area contributed by atoms with Crippen LogP contribution >= 0.6 is 0 Å². The molecule has 2 aromatic heterocycles. The van der Waals surface area contributed by atoms with Crippen molar-refractivity contribution >= 4 is 0 Å². The summed E-state index contributed by atoms with van der Waals surface area (Å²) >= 11 is 0. The fourth-order valence-corrected chi connectivity index (χ4v) is 2.42. The number of hydrogen-bond acceptors (Lipinski definition) is 2. The molecule has 0 aliphatic rings. The molecule has 1 aromatic carbocycles. The van der Waals surface area contributed by atoms with E-state index in [-0.39, 0.29) is 0 Å². The van der Waals surface area contributed by atoms with Gasteiger partial charge in [0.05, 0.1) is 12.7 Å². The summed E-state index contributed by atoms with van der Waals surface area (Å²) in [7, 11) is 3.73. The highest BCUT2D eigenvalue weighted by atomic mass is 16.5. The third-order valence-corrected chi connectivity index (χ3v) is 3.53. The molecule has 0 aliphatic carbocycles. The summed E-state index contributed by atoms with van der Waals surface area (Å²) in [6.07, 6.45) is 5.69. The molecule has 0 radical (unpaired) electrons. The zero-order valence-electron chi connectivity index (χ0n) is 12.2. The summed E-state index contributed by atoms with van der Waals surface area (Å²) in [4.78, 5) is 4.19. The second kappa shape index (κ2) is 5.75. The van der Waals surface area contributed by atoms with Gasteiger partial charge in [0.2, 0.25) is 5.69 Å². The zero-order chi connectivity index (χ0) is 14.7. The molecule has 0 aliphatic heterocycles. The van der Waals surface area contributed by atoms with E-state index in [1.807, 2.05) is 43.7 Å². The first-order chi connectivity index (χ1) is 10.3. The normalized spacial score (nSPS) is 10.4. The molecule has 0 N–H and O–H groups in total. The SMILES string of the molecule is COc1ccc(-c2cccnc2)cc1-c1cccc[n+]1C. The molecule has 0 bridgehead atoms. The van der Waals surface area contributed by atoms with Gasteiger partial charge in [0, 0.05) is 30.1 Å². The van der Waals surface area contributed by atoms with Crippen LogP contribution in [0.15, 0.2) is 67.1 Å². The van der Waals surface area contributed by atoms with E-state index in [2.05, 4.69) is 33.8 Å². The van der Waals surface area contributed by atoms with Crippen LogP contribution in [0.5, 0.6) is 5.75 Å². The van der Waals surface area contributed by atoms with Crippen LogP contribution in [0.3, 0.4) is 0 Å². The lowest BCUT2D eigenvalue weighted by atomic mass is 10.0. The molecule has 0 saturated heterocycles. The third-order valence-electron chi connectivity index (χ3n) is 3.53. The van der Waals surface area contributed by atoms with Crippen molar-refractivity contribution in [2.24, 2.45) is 7.05 Å². The number of hydrogen-bond donors (Lipinski definition) is 0. The van der Waals surface area contributed by atoms with Gasteiger partial charge >= 0.3 is 0 Å². The molecular weight excluding hydrogens is 260 g/mol. The number of aryl methyl sites for hydroxylation is 1. The van der Waals surface area contributed by atoms with Crippen molar-refractivity contribution in [3.63, 3.8) is 0 Å². The maximum Gasteiger partial charge on any atom is 0.216 e. The number of benzene rings is 1. The van der Waals surface area contributed by atoms with Gasteiger partial charge in [-0.1, -0.05) is 12.1 Å². The van der Waals surface area contributed by atoms with Crippen molar-refractivity contribution in [2.45, 2.75) is 0 Å². The highest BCUT2D eigenvalue weighted by molar-refractivity contribution is 5.74. The molecule has 0 amide bonds. The zero-order valence-corrected chi connectivity index (χ0v) is 12.2. The predicted molar refractivity (Wildman–Crippen MR) is 82.8 cm³/mol. The van der Waals surface area contributed by atoms with Gasteiger partial charge in [-0.15, -0.1) is 0 Å². The molecule has 0 saturated carbocycles. The standard InChI is InChI=1S/C18H17N2O/c1-20-11-4-3-7-17(20)16-12-14(8-9-18(16)21-2)15-6-5-10-19-13-15/h3-13H,1-2H3/q+1. The minimum absolute atomic E-state index is 0.865. The Labute approximate surface area is 124 Å². The molecule has 2 heterocycles. The summed E-state index contributed by atoms with van der Waals surface area (Å²) in [6.45, 7) is 0. The Kier molecular flexibility index (Phi) is 3.65. The van der Waals surface area contributed by atoms with Gasteiger partial charge in [-0.25, -0.2) is 4.57 Å². The third kappa shape index (κ3) is 2.63. The van der Waals surface area contributed by atoms with Crippen LogP contribution in [0.25, 0.3) is 22.4 Å². The highest BCUT2D eigenvalue weighted by Crippen LogP contribution is 2.32. The second-order valence-corrected chi connectivity index (χ2v) is 4.85. The smallest absolute Gasteiger partial charge is 0.216 e. The average Bonchev–Trinajstić information content (AvgIpc) is 2.55. The molecule has 3 nitrogen and oxygen atoms in total. The van der Waals surface area contributed by atoms with Crippen LogP contribution in [0.2, 0.25) is 0 Å². The van der Waals surface area contributed by atoms with Crippen molar-refractivity contribution in [1.82, 2.24) is 4.98 Å². The van der Waals surface area contributed by atoms with E-state index in [0.717, 1.165) is 28.1 Å². The molecule has 0 unspecified atom stereocenters. The number of ether oxygens (including phenoxy) is 1. The van der Waals surface area contributed by atoms with E-state index in [1.54, 1.807) is 13.3 Å². The quantitative estimate of drug-likeness (QED) is 0.687. The summed E-state index contributed by atoms with van der Waals surface area (Å²) in [5, 5.41) is 0. The van der Waals surface area contributed by atoms with Gasteiger partial charge in [-0.3, -0.25) is 4.98 Å². The molecule has 3 aromatic rings. The Morgan fingerprint density at radius 1 is 1.00 bits per heavy atom. The van der Waals surface area contributed by atoms with Crippen LogP contribution in [-0.4, -0.2) is 12.1 Å². The number of pyridine rings is 2. The maximum atomic E-state index is 5.52. The van der Waals surface area contributed by atoms with Crippen LogP contribution in [-0.2, 0) is 7.05 Å². The largest absolute Gasteiger partial charge is 0.496 e. The molecule has 3 rings (SSSR count). The van der Waals surface area contributed by atoms with E-state index in [4.69, 9.17) is 4.74 Å². The van der Waals surface area contributed by atoms with Crippen molar-refractivity contribution in [1.29, 1.82) is 0 Å². The van der Waals surface area contributed by atoms with Crippen molar-refractivity contribution in [2.75, 3.05) is 7.11 Å². The van der Waals surface area contributed by atoms with E-state index in [0.29, 0.717) is 0 Å². The van der Waals surface area contributed by atoms with E-state index < -0.39 is 0 Å². The van der Waals surface area contributed by atoms with Crippen LogP contribution in [0.1, 0.15) is 0 Å². The van der Waals surface area contributed by atoms with Crippen LogP contribution in [0.4, 0.5) is 0 Å². The van der Waals surface area contributed by atoms with Gasteiger partial charge in [0.25, 0.3) is 0 Å². The lowest BCUT2D eigenvalue weighted by Gasteiger charge is -2.09. The first kappa shape index (κ1) is 13.3. The van der Waals surface area contributed by atoms with Crippen molar-refractivity contribution in [3.8, 4) is 28.1 Å². The molecule has 104 valence electrons. The molecule has 0 spiro atoms. The number of aromatic nitrogens is 2. The topological polar surface area (TPSA) is 26.0 Å². The molecule has 0 atom stereocenters. The van der Waals surface area contributed by atoms with E-state index in [9.17, 15) is 0 Å². The predicted octanol–water partition coefficient (Wildman–Crippen LogP) is 3.25. The molecule has 21 heavy (non-hydrogen) atoms. The number of rotatable bonds is 3. The molecular formula is C18H17N2O+. The van der Waals surface area contributed by atoms with Crippen molar-refractivity contribution < 1.29 is 9.30 Å². The van der Waals surface area contributed by atoms with Gasteiger partial charge in [-0.05, 0) is 29.8 Å². The minimum atomic E-state index is 0.865. The van der Waals surface area contributed by atoms with Gasteiger partial charge in [0.1, 0.15) is 12.8 Å². The Morgan fingerprint density at radius 2 is 1.90 bits per heavy atom. The average molecular weight is 277 g/mol. The fraction of sp³-hybridized carbons (Fsp3) is 0.111. The highest BCUT2D eigenvalue weighted by Gasteiger charge is 2.15. The van der Waals surface area contributed by atoms with E-state index >= 15 is 0 Å². The fourth-order valence-electron chi connectivity index (χ4n) is 2.42. The summed E-state index contributed by atoms with van der Waals surface area (Å²) in [6, 6.07) is 16.3. The Hall–Kier alpha value is -2.68. The van der Waals surface area contributed by atoms with Gasteiger partial charge in [-0.2, -0.15) is 0 Å². The minimum Gasteiger partial charge on any atom is -0.496 e. The number of nitrogens with zero attached hydrogens (tertiary/aromatic N) is 2. The van der Waals surface area contributed by atoms with Crippen molar-refractivity contribution in [3.05, 3.63) is 67.1 Å². The van der Waals surface area contributed by atoms with Gasteiger partial charge in [0.15, 0.2) is 6.20 Å². The van der Waals surface area contributed by atoms with E-state index in [1.165, 1.54) is 0 Å². The first-order valence-corrected chi connectivity index (χ1v) is 6.83. The summed E-state index contributed by atoms with van der Waals surface area (Å²) in [5.41, 5.74) is 4.41. The lowest BCUT2D eigenvalue weighted by molar-refractivity contribution is -0.660. The Balaban J connectivity index is 2.17. The maximum absolute atomic E-state index is 5.52. The summed E-state index contributed by atoms with van der Waals surface area (Å²) in [5.74, 6) is 0.865. The lowest BCUT2D eigenvalue weighted by Crippen LogP contribution is -2.30. The van der Waals surface area contributed by atoms with Crippen LogP contribution < -0.4 is 9.30 Å². The Bertz CT molecular complexity index is 754.